The van der Waals surface area contributed by atoms with Gasteiger partial charge in [0.2, 0.25) is 11.7 Å². The van der Waals surface area contributed by atoms with Gasteiger partial charge in [0.1, 0.15) is 23.1 Å². The maximum Gasteiger partial charge on any atom is 0.410 e. The van der Waals surface area contributed by atoms with Crippen molar-refractivity contribution in [2.75, 3.05) is 25.1 Å². The van der Waals surface area contributed by atoms with Crippen LogP contribution in [0.2, 0.25) is 0 Å². The van der Waals surface area contributed by atoms with Crippen molar-refractivity contribution in [1.82, 2.24) is 19.4 Å². The number of ether oxygens (including phenoxy) is 2. The molecule has 5 rings (SSSR count). The van der Waals surface area contributed by atoms with E-state index < -0.39 is 11.0 Å². The summed E-state index contributed by atoms with van der Waals surface area (Å²) in [5.41, 5.74) is 1.94. The van der Waals surface area contributed by atoms with Gasteiger partial charge >= 0.3 is 6.09 Å². The van der Waals surface area contributed by atoms with Crippen LogP contribution in [0.4, 0.5) is 10.5 Å². The molecule has 10 heteroatoms. The highest BCUT2D eigenvalue weighted by atomic mass is 16.6. The van der Waals surface area contributed by atoms with Gasteiger partial charge in [-0.15, -0.1) is 0 Å². The van der Waals surface area contributed by atoms with Gasteiger partial charge in [0.15, 0.2) is 0 Å². The number of rotatable bonds is 4. The molecular weight excluding hydrogens is 520 g/mol. The van der Waals surface area contributed by atoms with Crippen molar-refractivity contribution in [2.24, 2.45) is 5.41 Å². The van der Waals surface area contributed by atoms with E-state index in [9.17, 15) is 14.9 Å². The fourth-order valence-corrected chi connectivity index (χ4v) is 5.87. The monoisotopic (exact) mass is 558 g/mol. The molecule has 0 N–H and O–H groups in total. The van der Waals surface area contributed by atoms with Gasteiger partial charge in [0.25, 0.3) is 0 Å². The maximum absolute atomic E-state index is 14.4. The topological polar surface area (TPSA) is 114 Å². The second-order valence-electron chi connectivity index (χ2n) is 13.2. The zero-order chi connectivity index (χ0) is 29.7. The fraction of sp³-hybridized carbons (Fsp3) is 0.516. The molecule has 2 aromatic heterocycles. The minimum Gasteiger partial charge on any atom is -0.497 e. The molecule has 0 saturated carbocycles. The average Bonchev–Trinajstić information content (AvgIpc) is 3.34. The van der Waals surface area contributed by atoms with Crippen LogP contribution < -0.4 is 9.64 Å². The lowest BCUT2D eigenvalue weighted by atomic mass is 9.73. The number of fused-ring (bicyclic) bond motifs is 3. The number of hydrogen-bond acceptors (Lipinski definition) is 7. The summed E-state index contributed by atoms with van der Waals surface area (Å²) in [7, 11) is 1.62. The molecule has 0 unspecified atom stereocenters. The van der Waals surface area contributed by atoms with E-state index in [-0.39, 0.29) is 23.2 Å². The number of likely N-dealkylation sites (tertiary alicyclic amines) is 1. The Hall–Kier alpha value is -4.13. The lowest BCUT2D eigenvalue weighted by molar-refractivity contribution is -0.125. The molecule has 2 amide bonds. The molecule has 0 bridgehead atoms. The number of anilines is 1. The Morgan fingerprint density at radius 3 is 2.44 bits per heavy atom. The van der Waals surface area contributed by atoms with Crippen LogP contribution in [0.25, 0.3) is 11.0 Å². The van der Waals surface area contributed by atoms with Crippen molar-refractivity contribution in [1.29, 1.82) is 5.26 Å². The summed E-state index contributed by atoms with van der Waals surface area (Å²) < 4.78 is 13.3. The molecular formula is C31H38N6O4. The largest absolute Gasteiger partial charge is 0.497 e. The van der Waals surface area contributed by atoms with Gasteiger partial charge in [-0.1, -0.05) is 20.8 Å². The Morgan fingerprint density at radius 1 is 1.12 bits per heavy atom. The van der Waals surface area contributed by atoms with Crippen LogP contribution in [0, 0.1) is 16.7 Å². The second kappa shape index (κ2) is 10.1. The molecule has 216 valence electrons. The molecule has 2 aliphatic heterocycles. The Kier molecular flexibility index (Phi) is 6.96. The number of carbonyl (C=O) groups is 2. The third-order valence-electron chi connectivity index (χ3n) is 7.71. The predicted molar refractivity (Wildman–Crippen MR) is 155 cm³/mol. The second-order valence-corrected chi connectivity index (χ2v) is 13.2. The number of hydrogen-bond donors (Lipinski definition) is 0. The van der Waals surface area contributed by atoms with Crippen LogP contribution in [0.15, 0.2) is 30.5 Å². The number of carbonyl (C=O) groups excluding carboxylic acids is 2. The van der Waals surface area contributed by atoms with Crippen LogP contribution >= 0.6 is 0 Å². The first-order valence-electron chi connectivity index (χ1n) is 14.0. The first-order valence-corrected chi connectivity index (χ1v) is 14.0. The van der Waals surface area contributed by atoms with Crippen LogP contribution in [0.3, 0.4) is 0 Å². The quantitative estimate of drug-likeness (QED) is 0.434. The van der Waals surface area contributed by atoms with E-state index in [2.05, 4.69) is 35.3 Å². The lowest BCUT2D eigenvalue weighted by Crippen LogP contribution is -2.51. The number of methoxy groups -OCH3 is 1. The Balaban J connectivity index is 1.52. The minimum atomic E-state index is -0.767. The number of nitrogens with zero attached hydrogens (tertiary/aromatic N) is 6. The molecule has 10 nitrogen and oxygen atoms in total. The van der Waals surface area contributed by atoms with Crippen molar-refractivity contribution >= 4 is 28.7 Å². The Morgan fingerprint density at radius 2 is 1.83 bits per heavy atom. The third-order valence-corrected chi connectivity index (χ3v) is 7.71. The molecule has 1 aromatic carbocycles. The van der Waals surface area contributed by atoms with Gasteiger partial charge in [-0.2, -0.15) is 5.26 Å². The van der Waals surface area contributed by atoms with E-state index in [1.165, 1.54) is 0 Å². The summed E-state index contributed by atoms with van der Waals surface area (Å²) in [6.07, 6.45) is 2.29. The highest BCUT2D eigenvalue weighted by Gasteiger charge is 2.53. The predicted octanol–water partition coefficient (Wildman–Crippen LogP) is 5.17. The van der Waals surface area contributed by atoms with Gasteiger partial charge in [0.05, 0.1) is 19.1 Å². The van der Waals surface area contributed by atoms with Crippen molar-refractivity contribution < 1.29 is 19.1 Å². The first-order chi connectivity index (χ1) is 19.2. The summed E-state index contributed by atoms with van der Waals surface area (Å²) in [4.78, 5) is 39.4. The molecule has 1 saturated heterocycles. The maximum atomic E-state index is 14.4. The van der Waals surface area contributed by atoms with Gasteiger partial charge in [-0.3, -0.25) is 4.79 Å². The molecule has 2 aliphatic rings. The summed E-state index contributed by atoms with van der Waals surface area (Å²) >= 11 is 0. The minimum absolute atomic E-state index is 0.0148. The van der Waals surface area contributed by atoms with Crippen molar-refractivity contribution in [3.63, 3.8) is 0 Å². The standard InChI is InChI=1S/C31H38N6O4/c1-29(2,3)19-37-21(14-20-17-33-25(16-32)34-26(20)37)18-36-24-9-8-22(40-7)15-23(24)31(27(36)38)10-12-35(13-11-31)28(39)41-30(4,5)6/h8-9,14-15,17H,10-13,18-19H2,1-7H3. The summed E-state index contributed by atoms with van der Waals surface area (Å²) in [5.74, 6) is 0.817. The first kappa shape index (κ1) is 28.4. The third kappa shape index (κ3) is 5.33. The zero-order valence-corrected chi connectivity index (χ0v) is 24.9. The summed E-state index contributed by atoms with van der Waals surface area (Å²) in [5, 5.41) is 10.2. The van der Waals surface area contributed by atoms with Crippen LogP contribution in [-0.4, -0.2) is 57.2 Å². The number of aromatic nitrogens is 3. The van der Waals surface area contributed by atoms with Gasteiger partial charge in [0, 0.05) is 42.6 Å². The zero-order valence-electron chi connectivity index (χ0n) is 24.9. The number of amides is 2. The van der Waals surface area contributed by atoms with Crippen molar-refractivity contribution in [3.8, 4) is 11.8 Å². The van der Waals surface area contributed by atoms with Gasteiger partial charge < -0.3 is 23.8 Å². The molecule has 0 aliphatic carbocycles. The molecule has 1 fully saturated rings. The fourth-order valence-electron chi connectivity index (χ4n) is 5.87. The van der Waals surface area contributed by atoms with E-state index in [0.717, 1.165) is 22.3 Å². The van der Waals surface area contributed by atoms with E-state index in [1.807, 2.05) is 56.0 Å². The van der Waals surface area contributed by atoms with E-state index in [1.54, 1.807) is 18.2 Å². The van der Waals surface area contributed by atoms with E-state index >= 15 is 0 Å². The number of nitriles is 1. The van der Waals surface area contributed by atoms with Crippen LogP contribution in [-0.2, 0) is 28.0 Å². The molecule has 41 heavy (non-hydrogen) atoms. The molecule has 4 heterocycles. The Bertz CT molecular complexity index is 1550. The van der Waals surface area contributed by atoms with Crippen molar-refractivity contribution in [2.45, 2.75) is 78.5 Å². The summed E-state index contributed by atoms with van der Waals surface area (Å²) in [6.45, 7) is 13.8. The normalized spacial score (nSPS) is 16.7. The lowest BCUT2D eigenvalue weighted by Gasteiger charge is -2.39. The SMILES string of the molecule is COc1ccc2c(c1)C1(CCN(C(=O)OC(C)(C)C)CC1)C(=O)N2Cc1cc2cnc(C#N)nc2n1CC(C)(C)C. The smallest absolute Gasteiger partial charge is 0.410 e. The molecule has 0 radical (unpaired) electrons. The van der Waals surface area contributed by atoms with E-state index in [4.69, 9.17) is 9.47 Å². The summed E-state index contributed by atoms with van der Waals surface area (Å²) in [6, 6.07) is 9.84. The number of piperidine rings is 1. The van der Waals surface area contributed by atoms with E-state index in [0.29, 0.717) is 50.4 Å². The Labute approximate surface area is 240 Å². The molecule has 3 aromatic rings. The van der Waals surface area contributed by atoms with Crippen LogP contribution in [0.5, 0.6) is 5.75 Å². The van der Waals surface area contributed by atoms with Gasteiger partial charge in [-0.05, 0) is 68.9 Å². The molecule has 0 atom stereocenters. The molecule has 1 spiro atoms. The highest BCUT2D eigenvalue weighted by molar-refractivity contribution is 6.08. The average molecular weight is 559 g/mol. The van der Waals surface area contributed by atoms with Crippen LogP contribution in [0.1, 0.15) is 71.5 Å². The van der Waals surface area contributed by atoms with Gasteiger partial charge in [-0.25, -0.2) is 14.8 Å². The van der Waals surface area contributed by atoms with Crippen molar-refractivity contribution in [3.05, 3.63) is 47.5 Å². The highest BCUT2D eigenvalue weighted by Crippen LogP contribution is 2.50. The number of benzene rings is 1.